The van der Waals surface area contributed by atoms with Crippen molar-refractivity contribution < 1.29 is 17.6 Å². The first kappa shape index (κ1) is 13.0. The van der Waals surface area contributed by atoms with Crippen LogP contribution in [-0.2, 0) is 14.9 Å². The average molecular weight is 248 g/mol. The highest BCUT2D eigenvalue weighted by molar-refractivity contribution is 7.89. The number of hydrogen-bond donors (Lipinski definition) is 2. The Morgan fingerprint density at radius 3 is 2.75 bits per heavy atom. The fraction of sp³-hybridized carbons (Fsp3) is 0.333. The third-order valence-electron chi connectivity index (χ3n) is 1.94. The van der Waals surface area contributed by atoms with Crippen LogP contribution in [0.4, 0.5) is 4.39 Å². The van der Waals surface area contributed by atoms with Crippen molar-refractivity contribution >= 4 is 10.0 Å². The van der Waals surface area contributed by atoms with Crippen molar-refractivity contribution in [3.8, 4) is 0 Å². The van der Waals surface area contributed by atoms with Crippen LogP contribution >= 0.6 is 0 Å². The van der Waals surface area contributed by atoms with Gasteiger partial charge in [0.25, 0.3) is 0 Å². The first-order chi connectivity index (χ1) is 7.47. The van der Waals surface area contributed by atoms with E-state index in [0.717, 1.165) is 12.1 Å². The Kier molecular flexibility index (Phi) is 4.36. The van der Waals surface area contributed by atoms with E-state index in [-0.39, 0.29) is 18.0 Å². The van der Waals surface area contributed by atoms with Crippen molar-refractivity contribution in [2.75, 3.05) is 13.2 Å². The molecule has 3 N–H and O–H groups in total. The summed E-state index contributed by atoms with van der Waals surface area (Å²) in [7, 11) is -3.63. The van der Waals surface area contributed by atoms with Gasteiger partial charge in [0.05, 0.1) is 11.5 Å². The van der Waals surface area contributed by atoms with Crippen molar-refractivity contribution in [3.63, 3.8) is 0 Å². The molecule has 0 amide bonds. The smallest absolute Gasteiger partial charge is 0.240 e. The summed E-state index contributed by atoms with van der Waals surface area (Å²) in [5, 5.41) is 0. The van der Waals surface area contributed by atoms with Gasteiger partial charge in [-0.25, -0.2) is 23.4 Å². The van der Waals surface area contributed by atoms with Crippen LogP contribution in [0, 0.1) is 12.7 Å². The van der Waals surface area contributed by atoms with E-state index in [1.807, 2.05) is 0 Å². The number of nitrogens with one attached hydrogen (secondary N) is 1. The maximum atomic E-state index is 12.8. The van der Waals surface area contributed by atoms with E-state index in [0.29, 0.717) is 5.56 Å². The minimum absolute atomic E-state index is 0.0471. The Balaban J connectivity index is 2.90. The lowest BCUT2D eigenvalue weighted by molar-refractivity contribution is 0.143. The Bertz CT molecular complexity index is 462. The predicted molar refractivity (Wildman–Crippen MR) is 56.5 cm³/mol. The molecule has 0 spiro atoms. The van der Waals surface area contributed by atoms with Crippen molar-refractivity contribution in [1.82, 2.24) is 4.72 Å². The minimum atomic E-state index is -3.63. The number of aryl methyl sites for hydroxylation is 1. The number of benzene rings is 1. The monoisotopic (exact) mass is 248 g/mol. The molecule has 0 radical (unpaired) electrons. The molecular weight excluding hydrogens is 235 g/mol. The van der Waals surface area contributed by atoms with E-state index in [1.165, 1.54) is 13.0 Å². The van der Waals surface area contributed by atoms with Gasteiger partial charge in [-0.3, -0.25) is 0 Å². The summed E-state index contributed by atoms with van der Waals surface area (Å²) in [6, 6.07) is 3.48. The summed E-state index contributed by atoms with van der Waals surface area (Å²) in [5.74, 6) is 4.29. The van der Waals surface area contributed by atoms with Gasteiger partial charge in [0.2, 0.25) is 10.0 Å². The molecule has 5 nitrogen and oxygen atoms in total. The van der Waals surface area contributed by atoms with Crippen LogP contribution < -0.4 is 10.6 Å². The molecule has 0 bridgehead atoms. The van der Waals surface area contributed by atoms with Crippen molar-refractivity contribution in [3.05, 3.63) is 29.6 Å². The highest BCUT2D eigenvalue weighted by Gasteiger charge is 2.16. The third kappa shape index (κ3) is 3.24. The molecule has 1 aromatic carbocycles. The fourth-order valence-electron chi connectivity index (χ4n) is 1.23. The van der Waals surface area contributed by atoms with Gasteiger partial charge in [0, 0.05) is 6.54 Å². The van der Waals surface area contributed by atoms with Crippen LogP contribution in [0.15, 0.2) is 23.1 Å². The van der Waals surface area contributed by atoms with Crippen LogP contribution in [0.1, 0.15) is 5.56 Å². The molecule has 0 saturated heterocycles. The lowest BCUT2D eigenvalue weighted by Crippen LogP contribution is -2.28. The molecule has 1 aromatic rings. The molecule has 0 aromatic heterocycles. The number of sulfonamides is 1. The number of nitrogens with two attached hydrogens (primary N) is 1. The van der Waals surface area contributed by atoms with Crippen LogP contribution in [0.5, 0.6) is 0 Å². The molecule has 0 heterocycles. The Morgan fingerprint density at radius 2 is 2.19 bits per heavy atom. The van der Waals surface area contributed by atoms with E-state index in [9.17, 15) is 12.8 Å². The van der Waals surface area contributed by atoms with E-state index >= 15 is 0 Å². The van der Waals surface area contributed by atoms with E-state index in [4.69, 9.17) is 5.90 Å². The molecule has 0 aliphatic rings. The Morgan fingerprint density at radius 1 is 1.50 bits per heavy atom. The standard InChI is InChI=1S/C9H13FN2O3S/c1-7-6-8(10)2-3-9(7)16(13,14)12-4-5-15-11/h2-3,6,12H,4-5,11H2,1H3. The second kappa shape index (κ2) is 5.35. The number of rotatable bonds is 5. The molecule has 90 valence electrons. The molecule has 0 fully saturated rings. The maximum absolute atomic E-state index is 12.8. The number of hydrogen-bond acceptors (Lipinski definition) is 4. The summed E-state index contributed by atoms with van der Waals surface area (Å²) in [5.41, 5.74) is 0.348. The molecule has 0 aliphatic carbocycles. The largest absolute Gasteiger partial charge is 0.303 e. The second-order valence-corrected chi connectivity index (χ2v) is 4.91. The SMILES string of the molecule is Cc1cc(F)ccc1S(=O)(=O)NCCON. The predicted octanol–water partition coefficient (Wildman–Crippen LogP) is 0.303. The lowest BCUT2D eigenvalue weighted by atomic mass is 10.2. The van der Waals surface area contributed by atoms with Gasteiger partial charge in [-0.15, -0.1) is 0 Å². The highest BCUT2D eigenvalue weighted by atomic mass is 32.2. The fourth-order valence-corrected chi connectivity index (χ4v) is 2.46. The Labute approximate surface area is 93.4 Å². The molecule has 0 saturated carbocycles. The van der Waals surface area contributed by atoms with Gasteiger partial charge in [0.1, 0.15) is 5.82 Å². The quantitative estimate of drug-likeness (QED) is 0.580. The number of halogens is 1. The zero-order chi connectivity index (χ0) is 12.2. The topological polar surface area (TPSA) is 81.4 Å². The highest BCUT2D eigenvalue weighted by Crippen LogP contribution is 2.15. The van der Waals surface area contributed by atoms with Crippen LogP contribution in [0.25, 0.3) is 0 Å². The lowest BCUT2D eigenvalue weighted by Gasteiger charge is -2.08. The molecular formula is C9H13FN2O3S. The van der Waals surface area contributed by atoms with Gasteiger partial charge >= 0.3 is 0 Å². The summed E-state index contributed by atoms with van der Waals surface area (Å²) >= 11 is 0. The van der Waals surface area contributed by atoms with E-state index in [2.05, 4.69) is 9.56 Å². The van der Waals surface area contributed by atoms with Crippen LogP contribution in [-0.4, -0.2) is 21.6 Å². The first-order valence-corrected chi connectivity index (χ1v) is 6.03. The van der Waals surface area contributed by atoms with Crippen molar-refractivity contribution in [1.29, 1.82) is 0 Å². The summed E-state index contributed by atoms with van der Waals surface area (Å²) in [4.78, 5) is 4.28. The van der Waals surface area contributed by atoms with Crippen molar-refractivity contribution in [2.45, 2.75) is 11.8 Å². The van der Waals surface area contributed by atoms with Gasteiger partial charge < -0.3 is 4.84 Å². The van der Waals surface area contributed by atoms with E-state index in [1.54, 1.807) is 0 Å². The third-order valence-corrected chi connectivity index (χ3v) is 3.56. The second-order valence-electron chi connectivity index (χ2n) is 3.18. The molecule has 0 atom stereocenters. The summed E-state index contributed by atoms with van der Waals surface area (Å²) in [6.45, 7) is 1.66. The molecule has 1 rings (SSSR count). The summed E-state index contributed by atoms with van der Waals surface area (Å²) < 4.78 is 38.5. The molecule has 0 unspecified atom stereocenters. The average Bonchev–Trinajstić information content (AvgIpc) is 2.17. The minimum Gasteiger partial charge on any atom is -0.303 e. The zero-order valence-electron chi connectivity index (χ0n) is 8.73. The molecule has 7 heteroatoms. The molecule has 0 aliphatic heterocycles. The van der Waals surface area contributed by atoms with Crippen molar-refractivity contribution in [2.24, 2.45) is 5.90 Å². The summed E-state index contributed by atoms with van der Waals surface area (Å²) in [6.07, 6.45) is 0. The maximum Gasteiger partial charge on any atom is 0.240 e. The zero-order valence-corrected chi connectivity index (χ0v) is 9.55. The first-order valence-electron chi connectivity index (χ1n) is 4.55. The molecule has 16 heavy (non-hydrogen) atoms. The van der Waals surface area contributed by atoms with Gasteiger partial charge in [-0.1, -0.05) is 0 Å². The Hall–Kier alpha value is -1.02. The van der Waals surface area contributed by atoms with Gasteiger partial charge in [0.15, 0.2) is 0 Å². The van der Waals surface area contributed by atoms with Gasteiger partial charge in [-0.05, 0) is 30.7 Å². The van der Waals surface area contributed by atoms with E-state index < -0.39 is 15.8 Å². The van der Waals surface area contributed by atoms with Gasteiger partial charge in [-0.2, -0.15) is 0 Å². The van der Waals surface area contributed by atoms with Crippen LogP contribution in [0.3, 0.4) is 0 Å². The normalized spacial score (nSPS) is 11.7. The van der Waals surface area contributed by atoms with Crippen LogP contribution in [0.2, 0.25) is 0 Å².